The second-order valence-electron chi connectivity index (χ2n) is 5.21. The molecule has 1 fully saturated rings. The van der Waals surface area contributed by atoms with Gasteiger partial charge in [0.25, 0.3) is 0 Å². The summed E-state index contributed by atoms with van der Waals surface area (Å²) >= 11 is 0. The van der Waals surface area contributed by atoms with Crippen molar-refractivity contribution >= 4 is 5.91 Å². The SMILES string of the molecule is Cc1ccc(CNCC(O)CN2CCCC2=O)cc1. The summed E-state index contributed by atoms with van der Waals surface area (Å²) in [6.07, 6.45) is 1.05. The lowest BCUT2D eigenvalue weighted by atomic mass is 10.1. The fourth-order valence-electron chi connectivity index (χ4n) is 2.31. The average molecular weight is 262 g/mol. The lowest BCUT2D eigenvalue weighted by Crippen LogP contribution is -2.38. The summed E-state index contributed by atoms with van der Waals surface area (Å²) in [7, 11) is 0. The zero-order valence-electron chi connectivity index (χ0n) is 11.4. The van der Waals surface area contributed by atoms with Crippen molar-refractivity contribution in [1.29, 1.82) is 0 Å². The molecule has 0 radical (unpaired) electrons. The Morgan fingerprint density at radius 3 is 2.74 bits per heavy atom. The van der Waals surface area contributed by atoms with Crippen LogP contribution in [0.25, 0.3) is 0 Å². The number of carbonyl (C=O) groups is 1. The molecule has 2 N–H and O–H groups in total. The van der Waals surface area contributed by atoms with Crippen molar-refractivity contribution in [3.63, 3.8) is 0 Å². The molecule has 1 aliphatic heterocycles. The third-order valence-electron chi connectivity index (χ3n) is 3.43. The molecule has 1 aromatic carbocycles. The molecular formula is C15H22N2O2. The van der Waals surface area contributed by atoms with Crippen LogP contribution in [0.4, 0.5) is 0 Å². The number of benzene rings is 1. The standard InChI is InChI=1S/C15H22N2O2/c1-12-4-6-13(7-5-12)9-16-10-14(18)11-17-8-2-3-15(17)19/h4-7,14,16,18H,2-3,8-11H2,1H3. The van der Waals surface area contributed by atoms with Gasteiger partial charge in [0.05, 0.1) is 6.10 Å². The molecule has 4 nitrogen and oxygen atoms in total. The fraction of sp³-hybridized carbons (Fsp3) is 0.533. The van der Waals surface area contributed by atoms with Crippen LogP contribution in [0.3, 0.4) is 0 Å². The van der Waals surface area contributed by atoms with Crippen LogP contribution < -0.4 is 5.32 Å². The molecule has 1 heterocycles. The van der Waals surface area contributed by atoms with Gasteiger partial charge in [0, 0.05) is 32.6 Å². The van der Waals surface area contributed by atoms with E-state index in [1.165, 1.54) is 11.1 Å². The van der Waals surface area contributed by atoms with Crippen molar-refractivity contribution in [3.8, 4) is 0 Å². The van der Waals surface area contributed by atoms with E-state index < -0.39 is 6.10 Å². The molecule has 1 aliphatic rings. The second-order valence-corrected chi connectivity index (χ2v) is 5.21. The number of nitrogens with zero attached hydrogens (tertiary/aromatic N) is 1. The monoisotopic (exact) mass is 262 g/mol. The van der Waals surface area contributed by atoms with E-state index >= 15 is 0 Å². The molecule has 1 amide bonds. The molecule has 0 saturated carbocycles. The Bertz CT molecular complexity index is 417. The van der Waals surface area contributed by atoms with Crippen molar-refractivity contribution in [1.82, 2.24) is 10.2 Å². The molecule has 0 spiro atoms. The molecule has 1 aromatic rings. The number of hydrogen-bond donors (Lipinski definition) is 2. The van der Waals surface area contributed by atoms with Crippen molar-refractivity contribution in [2.45, 2.75) is 32.4 Å². The number of aliphatic hydroxyl groups excluding tert-OH is 1. The third-order valence-corrected chi connectivity index (χ3v) is 3.43. The van der Waals surface area contributed by atoms with E-state index in [0.717, 1.165) is 19.5 Å². The van der Waals surface area contributed by atoms with Gasteiger partial charge >= 0.3 is 0 Å². The fourth-order valence-corrected chi connectivity index (χ4v) is 2.31. The molecule has 0 aromatic heterocycles. The van der Waals surface area contributed by atoms with Crippen LogP contribution in [0, 0.1) is 6.92 Å². The van der Waals surface area contributed by atoms with Gasteiger partial charge in [-0.1, -0.05) is 29.8 Å². The first-order chi connectivity index (χ1) is 9.15. The van der Waals surface area contributed by atoms with Crippen molar-refractivity contribution in [2.24, 2.45) is 0 Å². The van der Waals surface area contributed by atoms with Crippen LogP contribution in [0.2, 0.25) is 0 Å². The predicted molar refractivity (Wildman–Crippen MR) is 74.7 cm³/mol. The Morgan fingerprint density at radius 2 is 2.11 bits per heavy atom. The summed E-state index contributed by atoms with van der Waals surface area (Å²) in [6, 6.07) is 8.32. The summed E-state index contributed by atoms with van der Waals surface area (Å²) < 4.78 is 0. The minimum absolute atomic E-state index is 0.164. The number of amides is 1. The number of likely N-dealkylation sites (tertiary alicyclic amines) is 1. The van der Waals surface area contributed by atoms with Gasteiger partial charge in [-0.15, -0.1) is 0 Å². The zero-order valence-corrected chi connectivity index (χ0v) is 11.4. The van der Waals surface area contributed by atoms with Crippen LogP contribution in [-0.2, 0) is 11.3 Å². The van der Waals surface area contributed by atoms with E-state index in [0.29, 0.717) is 19.5 Å². The van der Waals surface area contributed by atoms with E-state index in [-0.39, 0.29) is 5.91 Å². The number of nitrogens with one attached hydrogen (secondary N) is 1. The average Bonchev–Trinajstić information content (AvgIpc) is 2.78. The maximum absolute atomic E-state index is 11.4. The Balaban J connectivity index is 1.67. The van der Waals surface area contributed by atoms with Gasteiger partial charge in [-0.25, -0.2) is 0 Å². The Morgan fingerprint density at radius 1 is 1.37 bits per heavy atom. The first-order valence-corrected chi connectivity index (χ1v) is 6.87. The molecule has 1 unspecified atom stereocenters. The molecule has 1 saturated heterocycles. The molecule has 19 heavy (non-hydrogen) atoms. The summed E-state index contributed by atoms with van der Waals surface area (Å²) in [5.74, 6) is 0.164. The topological polar surface area (TPSA) is 52.6 Å². The number of aryl methyl sites for hydroxylation is 1. The van der Waals surface area contributed by atoms with Gasteiger partial charge in [-0.3, -0.25) is 4.79 Å². The zero-order chi connectivity index (χ0) is 13.7. The normalized spacial score (nSPS) is 16.9. The highest BCUT2D eigenvalue weighted by molar-refractivity contribution is 5.78. The van der Waals surface area contributed by atoms with Crippen molar-refractivity contribution in [3.05, 3.63) is 35.4 Å². The maximum atomic E-state index is 11.4. The molecule has 1 atom stereocenters. The van der Waals surface area contributed by atoms with Crippen LogP contribution >= 0.6 is 0 Å². The van der Waals surface area contributed by atoms with Crippen molar-refractivity contribution in [2.75, 3.05) is 19.6 Å². The lowest BCUT2D eigenvalue weighted by Gasteiger charge is -2.20. The van der Waals surface area contributed by atoms with Gasteiger partial charge < -0.3 is 15.3 Å². The minimum Gasteiger partial charge on any atom is -0.390 e. The van der Waals surface area contributed by atoms with Gasteiger partial charge in [0.2, 0.25) is 5.91 Å². The summed E-state index contributed by atoms with van der Waals surface area (Å²) in [5.41, 5.74) is 2.45. The highest BCUT2D eigenvalue weighted by atomic mass is 16.3. The smallest absolute Gasteiger partial charge is 0.222 e. The number of rotatable bonds is 6. The van der Waals surface area contributed by atoms with E-state index in [4.69, 9.17) is 0 Å². The summed E-state index contributed by atoms with van der Waals surface area (Å²) in [4.78, 5) is 13.2. The van der Waals surface area contributed by atoms with E-state index in [9.17, 15) is 9.90 Å². The number of β-amino-alcohol motifs (C(OH)–C–C–N with tert-alkyl or cyclic N) is 1. The van der Waals surface area contributed by atoms with E-state index in [1.807, 2.05) is 0 Å². The Hall–Kier alpha value is -1.39. The first kappa shape index (κ1) is 14.0. The summed E-state index contributed by atoms with van der Waals surface area (Å²) in [6.45, 7) is 4.55. The number of hydrogen-bond acceptors (Lipinski definition) is 3. The molecule has 104 valence electrons. The molecule has 0 aliphatic carbocycles. The van der Waals surface area contributed by atoms with Crippen LogP contribution in [0.5, 0.6) is 0 Å². The Labute approximate surface area is 114 Å². The molecule has 4 heteroatoms. The van der Waals surface area contributed by atoms with Crippen LogP contribution in [0.15, 0.2) is 24.3 Å². The number of aliphatic hydroxyl groups is 1. The van der Waals surface area contributed by atoms with Gasteiger partial charge in [0.1, 0.15) is 0 Å². The maximum Gasteiger partial charge on any atom is 0.222 e. The van der Waals surface area contributed by atoms with Gasteiger partial charge in [-0.2, -0.15) is 0 Å². The second kappa shape index (κ2) is 6.68. The molecule has 0 bridgehead atoms. The van der Waals surface area contributed by atoms with Crippen LogP contribution in [-0.4, -0.2) is 41.7 Å². The van der Waals surface area contributed by atoms with E-state index in [1.54, 1.807) is 4.90 Å². The highest BCUT2D eigenvalue weighted by Crippen LogP contribution is 2.09. The highest BCUT2D eigenvalue weighted by Gasteiger charge is 2.22. The lowest BCUT2D eigenvalue weighted by molar-refractivity contribution is -0.128. The minimum atomic E-state index is -0.493. The van der Waals surface area contributed by atoms with Crippen molar-refractivity contribution < 1.29 is 9.90 Å². The third kappa shape index (κ3) is 4.33. The molecule has 2 rings (SSSR count). The van der Waals surface area contributed by atoms with E-state index in [2.05, 4.69) is 36.5 Å². The van der Waals surface area contributed by atoms with Gasteiger partial charge in [0.15, 0.2) is 0 Å². The summed E-state index contributed by atoms with van der Waals surface area (Å²) in [5, 5.41) is 13.1. The van der Waals surface area contributed by atoms with Gasteiger partial charge in [-0.05, 0) is 18.9 Å². The predicted octanol–water partition coefficient (Wildman–Crippen LogP) is 1.07. The molecular weight excluding hydrogens is 240 g/mol. The number of carbonyl (C=O) groups excluding carboxylic acids is 1. The first-order valence-electron chi connectivity index (χ1n) is 6.87. The quantitative estimate of drug-likeness (QED) is 0.806. The largest absolute Gasteiger partial charge is 0.390 e. The Kier molecular flexibility index (Phi) is 4.93. The van der Waals surface area contributed by atoms with Crippen LogP contribution in [0.1, 0.15) is 24.0 Å².